The number of nitrogens with one attached hydrogen (secondary N) is 1. The highest BCUT2D eigenvalue weighted by atomic mass is 16.5. The SMILES string of the molecule is Cc1cccnc1-c1cc(=O)n2[nH]c(C3CCOCC3)cc2n1. The second-order valence-electron chi connectivity index (χ2n) is 5.94. The van der Waals surface area contributed by atoms with Crippen LogP contribution in [0.25, 0.3) is 17.0 Å². The molecule has 0 radical (unpaired) electrons. The Hall–Kier alpha value is -2.47. The van der Waals surface area contributed by atoms with E-state index in [0.29, 0.717) is 17.3 Å². The van der Waals surface area contributed by atoms with Crippen LogP contribution in [-0.4, -0.2) is 32.8 Å². The maximum atomic E-state index is 12.4. The third-order valence-corrected chi connectivity index (χ3v) is 4.38. The number of H-pyrrole nitrogens is 1. The van der Waals surface area contributed by atoms with E-state index in [2.05, 4.69) is 15.1 Å². The lowest BCUT2D eigenvalue weighted by molar-refractivity contribution is 0.0844. The Balaban J connectivity index is 1.81. The van der Waals surface area contributed by atoms with E-state index in [1.807, 2.05) is 25.1 Å². The van der Waals surface area contributed by atoms with E-state index in [9.17, 15) is 4.79 Å². The van der Waals surface area contributed by atoms with Crippen molar-refractivity contribution in [3.63, 3.8) is 0 Å². The molecule has 1 N–H and O–H groups in total. The number of ether oxygens (including phenoxy) is 1. The molecule has 4 heterocycles. The number of pyridine rings is 1. The Morgan fingerprint density at radius 1 is 1.30 bits per heavy atom. The zero-order chi connectivity index (χ0) is 15.8. The molecular formula is C17H18N4O2. The monoisotopic (exact) mass is 310 g/mol. The van der Waals surface area contributed by atoms with Gasteiger partial charge in [-0.2, -0.15) is 0 Å². The summed E-state index contributed by atoms with van der Waals surface area (Å²) in [7, 11) is 0. The molecule has 0 bridgehead atoms. The van der Waals surface area contributed by atoms with Gasteiger partial charge in [-0.3, -0.25) is 14.9 Å². The summed E-state index contributed by atoms with van der Waals surface area (Å²) in [6.07, 6.45) is 3.65. The first-order chi connectivity index (χ1) is 11.2. The molecule has 1 aliphatic rings. The molecule has 0 atom stereocenters. The van der Waals surface area contributed by atoms with E-state index in [4.69, 9.17) is 4.74 Å². The quantitative estimate of drug-likeness (QED) is 0.788. The Morgan fingerprint density at radius 3 is 2.91 bits per heavy atom. The Kier molecular flexibility index (Phi) is 3.46. The summed E-state index contributed by atoms with van der Waals surface area (Å²) in [6, 6.07) is 7.35. The molecule has 0 spiro atoms. The standard InChI is InChI=1S/C17H18N4O2/c1-11-3-2-6-18-17(11)14-10-16(22)21-15(19-14)9-13(20-21)12-4-7-23-8-5-12/h2-3,6,9-10,12,20H,4-5,7-8H2,1H3. The van der Waals surface area contributed by atoms with Crippen LogP contribution in [0.5, 0.6) is 0 Å². The molecule has 0 amide bonds. The second-order valence-corrected chi connectivity index (χ2v) is 5.94. The molecule has 23 heavy (non-hydrogen) atoms. The highest BCUT2D eigenvalue weighted by molar-refractivity contribution is 5.60. The highest BCUT2D eigenvalue weighted by Gasteiger charge is 2.19. The summed E-state index contributed by atoms with van der Waals surface area (Å²) in [4.78, 5) is 21.4. The van der Waals surface area contributed by atoms with Crippen LogP contribution < -0.4 is 5.56 Å². The highest BCUT2D eigenvalue weighted by Crippen LogP contribution is 2.26. The minimum absolute atomic E-state index is 0.117. The van der Waals surface area contributed by atoms with Crippen molar-refractivity contribution in [1.82, 2.24) is 19.6 Å². The van der Waals surface area contributed by atoms with Crippen LogP contribution >= 0.6 is 0 Å². The first-order valence-electron chi connectivity index (χ1n) is 7.85. The van der Waals surface area contributed by atoms with Gasteiger partial charge in [-0.15, -0.1) is 0 Å². The number of nitrogens with zero attached hydrogens (tertiary/aromatic N) is 3. The Bertz CT molecular complexity index is 906. The average molecular weight is 310 g/mol. The van der Waals surface area contributed by atoms with Gasteiger partial charge >= 0.3 is 0 Å². The smallest absolute Gasteiger partial charge is 0.273 e. The van der Waals surface area contributed by atoms with Crippen molar-refractivity contribution in [1.29, 1.82) is 0 Å². The molecule has 1 aliphatic heterocycles. The van der Waals surface area contributed by atoms with Crippen LogP contribution in [0.3, 0.4) is 0 Å². The predicted molar refractivity (Wildman–Crippen MR) is 86.6 cm³/mol. The number of aromatic amines is 1. The van der Waals surface area contributed by atoms with Crippen LogP contribution in [-0.2, 0) is 4.74 Å². The van der Waals surface area contributed by atoms with E-state index >= 15 is 0 Å². The minimum Gasteiger partial charge on any atom is -0.381 e. The molecular weight excluding hydrogens is 292 g/mol. The zero-order valence-corrected chi connectivity index (χ0v) is 13.0. The second kappa shape index (κ2) is 5.62. The number of hydrogen-bond acceptors (Lipinski definition) is 4. The average Bonchev–Trinajstić information content (AvgIpc) is 3.01. The van der Waals surface area contributed by atoms with E-state index in [0.717, 1.165) is 43.0 Å². The van der Waals surface area contributed by atoms with Crippen molar-refractivity contribution in [2.45, 2.75) is 25.7 Å². The maximum absolute atomic E-state index is 12.4. The van der Waals surface area contributed by atoms with Gasteiger partial charge in [-0.25, -0.2) is 9.50 Å². The van der Waals surface area contributed by atoms with Crippen molar-refractivity contribution in [3.05, 3.63) is 52.1 Å². The molecule has 3 aromatic heterocycles. The van der Waals surface area contributed by atoms with Crippen molar-refractivity contribution in [3.8, 4) is 11.4 Å². The van der Waals surface area contributed by atoms with Gasteiger partial charge < -0.3 is 4.74 Å². The summed E-state index contributed by atoms with van der Waals surface area (Å²) in [5.74, 6) is 0.393. The van der Waals surface area contributed by atoms with E-state index in [-0.39, 0.29) is 5.56 Å². The molecule has 0 aromatic carbocycles. The van der Waals surface area contributed by atoms with E-state index in [1.54, 1.807) is 6.20 Å². The number of aryl methyl sites for hydroxylation is 1. The van der Waals surface area contributed by atoms with Crippen molar-refractivity contribution in [2.24, 2.45) is 0 Å². The molecule has 3 aromatic rings. The molecule has 0 saturated carbocycles. The van der Waals surface area contributed by atoms with Crippen molar-refractivity contribution < 1.29 is 4.74 Å². The third kappa shape index (κ3) is 2.55. The van der Waals surface area contributed by atoms with Crippen LogP contribution in [0.15, 0.2) is 35.3 Å². The molecule has 1 saturated heterocycles. The Labute approximate surface area is 133 Å². The van der Waals surface area contributed by atoms with Crippen LogP contribution in [0.2, 0.25) is 0 Å². The number of rotatable bonds is 2. The van der Waals surface area contributed by atoms with Gasteiger partial charge in [0.2, 0.25) is 0 Å². The lowest BCUT2D eigenvalue weighted by atomic mass is 9.97. The fraction of sp³-hybridized carbons (Fsp3) is 0.353. The number of hydrogen-bond donors (Lipinski definition) is 1. The van der Waals surface area contributed by atoms with Gasteiger partial charge in [0.25, 0.3) is 5.56 Å². The topological polar surface area (TPSA) is 72.3 Å². The van der Waals surface area contributed by atoms with Crippen LogP contribution in [0.4, 0.5) is 0 Å². The fourth-order valence-electron chi connectivity index (χ4n) is 3.10. The number of fused-ring (bicyclic) bond motifs is 1. The van der Waals surface area contributed by atoms with E-state index in [1.165, 1.54) is 10.6 Å². The molecule has 1 fully saturated rings. The first kappa shape index (κ1) is 14.1. The summed E-state index contributed by atoms with van der Waals surface area (Å²) in [5, 5.41) is 3.19. The van der Waals surface area contributed by atoms with Crippen LogP contribution in [0.1, 0.15) is 30.0 Å². The predicted octanol–water partition coefficient (Wildman–Crippen LogP) is 2.29. The largest absolute Gasteiger partial charge is 0.381 e. The van der Waals surface area contributed by atoms with Crippen molar-refractivity contribution >= 4 is 5.65 Å². The summed E-state index contributed by atoms with van der Waals surface area (Å²) < 4.78 is 6.91. The molecule has 6 heteroatoms. The van der Waals surface area contributed by atoms with Crippen molar-refractivity contribution in [2.75, 3.05) is 13.2 Å². The minimum atomic E-state index is -0.117. The maximum Gasteiger partial charge on any atom is 0.273 e. The fourth-order valence-corrected chi connectivity index (χ4v) is 3.10. The first-order valence-corrected chi connectivity index (χ1v) is 7.85. The summed E-state index contributed by atoms with van der Waals surface area (Å²) in [6.45, 7) is 3.50. The normalized spacial score (nSPS) is 16.0. The lowest BCUT2D eigenvalue weighted by Crippen LogP contribution is -2.17. The zero-order valence-electron chi connectivity index (χ0n) is 13.0. The van der Waals surface area contributed by atoms with Gasteiger partial charge in [-0.05, 0) is 31.4 Å². The van der Waals surface area contributed by atoms with Gasteiger partial charge in [0.05, 0.1) is 11.4 Å². The third-order valence-electron chi connectivity index (χ3n) is 4.38. The summed E-state index contributed by atoms with van der Waals surface area (Å²) in [5.41, 5.74) is 3.94. The van der Waals surface area contributed by atoms with Gasteiger partial charge in [0, 0.05) is 43.2 Å². The molecule has 0 aliphatic carbocycles. The molecule has 6 nitrogen and oxygen atoms in total. The van der Waals surface area contributed by atoms with Crippen LogP contribution in [0, 0.1) is 6.92 Å². The molecule has 0 unspecified atom stereocenters. The molecule has 4 rings (SSSR count). The van der Waals surface area contributed by atoms with Gasteiger partial charge in [0.1, 0.15) is 0 Å². The lowest BCUT2D eigenvalue weighted by Gasteiger charge is -2.20. The Morgan fingerprint density at radius 2 is 2.13 bits per heavy atom. The van der Waals surface area contributed by atoms with E-state index < -0.39 is 0 Å². The molecule has 118 valence electrons. The summed E-state index contributed by atoms with van der Waals surface area (Å²) >= 11 is 0. The number of aromatic nitrogens is 4. The van der Waals surface area contributed by atoms with Gasteiger partial charge in [-0.1, -0.05) is 6.07 Å². The van der Waals surface area contributed by atoms with Gasteiger partial charge in [0.15, 0.2) is 5.65 Å².